The van der Waals surface area contributed by atoms with Gasteiger partial charge in [-0.3, -0.25) is 0 Å². The van der Waals surface area contributed by atoms with E-state index in [9.17, 15) is 18.3 Å². The van der Waals surface area contributed by atoms with Crippen LogP contribution in [0.1, 0.15) is 55.8 Å². The van der Waals surface area contributed by atoms with Gasteiger partial charge in [0.2, 0.25) is 0 Å². The zero-order valence-corrected chi connectivity index (χ0v) is 13.2. The third kappa shape index (κ3) is 4.33. The Hall–Kier alpha value is -0.810. The molecule has 0 radical (unpaired) electrons. The molecular weight excluding hydrogens is 345 g/mol. The maximum atomic E-state index is 12.9. The van der Waals surface area contributed by atoms with E-state index in [1.807, 2.05) is 6.08 Å². The monoisotopic (exact) mass is 362 g/mol. The van der Waals surface area contributed by atoms with E-state index < -0.39 is 17.8 Å². The highest BCUT2D eigenvalue weighted by atomic mass is 79.9. The van der Waals surface area contributed by atoms with Crippen LogP contribution in [0, 0.1) is 0 Å². The van der Waals surface area contributed by atoms with Gasteiger partial charge in [-0.05, 0) is 49.0 Å². The van der Waals surface area contributed by atoms with Crippen molar-refractivity contribution in [2.75, 3.05) is 0 Å². The summed E-state index contributed by atoms with van der Waals surface area (Å²) in [6.07, 6.45) is 2.58. The third-order valence-corrected chi connectivity index (χ3v) is 4.48. The van der Waals surface area contributed by atoms with Crippen LogP contribution in [0.5, 0.6) is 0 Å². The molecule has 1 nitrogen and oxygen atoms in total. The van der Waals surface area contributed by atoms with Crippen LogP contribution in [0.25, 0.3) is 0 Å². The van der Waals surface area contributed by atoms with E-state index in [4.69, 9.17) is 0 Å². The fraction of sp³-hybridized carbons (Fsp3) is 0.500. The van der Waals surface area contributed by atoms with Gasteiger partial charge in [-0.2, -0.15) is 13.2 Å². The van der Waals surface area contributed by atoms with Crippen molar-refractivity contribution in [3.63, 3.8) is 0 Å². The predicted octanol–water partition coefficient (Wildman–Crippen LogP) is 5.78. The van der Waals surface area contributed by atoms with Crippen LogP contribution in [-0.4, -0.2) is 5.11 Å². The summed E-state index contributed by atoms with van der Waals surface area (Å²) in [5.41, 5.74) is 0.396. The number of hydrogen-bond donors (Lipinski definition) is 1. The predicted molar refractivity (Wildman–Crippen MR) is 79.9 cm³/mol. The summed E-state index contributed by atoms with van der Waals surface area (Å²) in [6, 6.07) is 3.93. The second-order valence-electron chi connectivity index (χ2n) is 5.37. The molecule has 1 aromatic rings. The molecular formula is C16H18BrF3O. The highest BCUT2D eigenvalue weighted by molar-refractivity contribution is 9.10. The first kappa shape index (κ1) is 16.6. The standard InChI is InChI=1S/C16H18BrF3O/c17-14-9-8-12(10-13(14)16(18,19)20)15(21)11-6-4-2-1-3-5-7-11/h6,8-10,15,21H,1-5,7H2/b11-6+. The molecule has 2 rings (SSSR count). The largest absolute Gasteiger partial charge is 0.417 e. The fourth-order valence-corrected chi connectivity index (χ4v) is 3.08. The van der Waals surface area contributed by atoms with Crippen LogP contribution in [0.15, 0.2) is 34.3 Å². The summed E-state index contributed by atoms with van der Waals surface area (Å²) in [7, 11) is 0. The molecule has 0 saturated carbocycles. The zero-order valence-electron chi connectivity index (χ0n) is 11.6. The summed E-state index contributed by atoms with van der Waals surface area (Å²) >= 11 is 2.92. The maximum Gasteiger partial charge on any atom is 0.417 e. The molecule has 0 spiro atoms. The van der Waals surface area contributed by atoms with Crippen LogP contribution >= 0.6 is 15.9 Å². The van der Waals surface area contributed by atoms with Gasteiger partial charge in [0.05, 0.1) is 5.56 Å². The van der Waals surface area contributed by atoms with Crippen molar-refractivity contribution in [3.8, 4) is 0 Å². The minimum atomic E-state index is -4.43. The van der Waals surface area contributed by atoms with E-state index in [2.05, 4.69) is 15.9 Å². The van der Waals surface area contributed by atoms with Crippen molar-refractivity contribution in [3.05, 3.63) is 45.4 Å². The Kier molecular flexibility index (Phi) is 5.49. The first-order valence-electron chi connectivity index (χ1n) is 7.13. The minimum Gasteiger partial charge on any atom is -0.384 e. The molecule has 1 aliphatic carbocycles. The number of alkyl halides is 3. The van der Waals surface area contributed by atoms with Crippen molar-refractivity contribution >= 4 is 15.9 Å². The number of aliphatic hydroxyl groups is 1. The number of rotatable bonds is 2. The molecule has 5 heteroatoms. The molecule has 0 aromatic heterocycles. The molecule has 116 valence electrons. The van der Waals surface area contributed by atoms with Crippen molar-refractivity contribution in [1.29, 1.82) is 0 Å². The summed E-state index contributed by atoms with van der Waals surface area (Å²) < 4.78 is 38.8. The second kappa shape index (κ2) is 6.97. The molecule has 0 bridgehead atoms. The molecule has 0 amide bonds. The Balaban J connectivity index is 2.28. The van der Waals surface area contributed by atoms with Crippen molar-refractivity contribution < 1.29 is 18.3 Å². The lowest BCUT2D eigenvalue weighted by Crippen LogP contribution is -2.09. The van der Waals surface area contributed by atoms with Crippen molar-refractivity contribution in [2.24, 2.45) is 0 Å². The zero-order chi connectivity index (χ0) is 15.5. The van der Waals surface area contributed by atoms with E-state index in [1.165, 1.54) is 12.5 Å². The smallest absolute Gasteiger partial charge is 0.384 e. The Labute approximate surface area is 131 Å². The Bertz CT molecular complexity index is 523. The lowest BCUT2D eigenvalue weighted by atomic mass is 9.92. The SMILES string of the molecule is OC(/C1=C/CCCCCC1)c1ccc(Br)c(C(F)(F)F)c1. The first-order valence-corrected chi connectivity index (χ1v) is 7.92. The lowest BCUT2D eigenvalue weighted by molar-refractivity contribution is -0.138. The van der Waals surface area contributed by atoms with Crippen molar-refractivity contribution in [2.45, 2.75) is 50.8 Å². The second-order valence-corrected chi connectivity index (χ2v) is 6.23. The molecule has 0 fully saturated rings. The van der Waals surface area contributed by atoms with Gasteiger partial charge in [0.15, 0.2) is 0 Å². The number of allylic oxidation sites excluding steroid dienone is 1. The van der Waals surface area contributed by atoms with Gasteiger partial charge in [-0.1, -0.05) is 40.9 Å². The Morgan fingerprint density at radius 3 is 2.52 bits per heavy atom. The summed E-state index contributed by atoms with van der Waals surface area (Å²) in [5.74, 6) is 0. The summed E-state index contributed by atoms with van der Waals surface area (Å²) in [4.78, 5) is 0. The van der Waals surface area contributed by atoms with Crippen molar-refractivity contribution in [1.82, 2.24) is 0 Å². The molecule has 1 unspecified atom stereocenters. The molecule has 1 aliphatic rings. The van der Waals surface area contributed by atoms with E-state index in [0.29, 0.717) is 5.56 Å². The molecule has 21 heavy (non-hydrogen) atoms. The van der Waals surface area contributed by atoms with Crippen LogP contribution < -0.4 is 0 Å². The normalized spacial score (nSPS) is 21.1. The summed E-state index contributed by atoms with van der Waals surface area (Å²) in [5, 5.41) is 10.4. The Morgan fingerprint density at radius 1 is 1.10 bits per heavy atom. The quantitative estimate of drug-likeness (QED) is 0.660. The molecule has 1 atom stereocenters. The van der Waals surface area contributed by atoms with Gasteiger partial charge in [0.25, 0.3) is 0 Å². The van der Waals surface area contributed by atoms with E-state index >= 15 is 0 Å². The average molecular weight is 363 g/mol. The van der Waals surface area contributed by atoms with Crippen LogP contribution in [0.4, 0.5) is 13.2 Å². The van der Waals surface area contributed by atoms with Gasteiger partial charge in [-0.25, -0.2) is 0 Å². The number of benzene rings is 1. The minimum absolute atomic E-state index is 0.00223. The average Bonchev–Trinajstić information content (AvgIpc) is 2.36. The number of aliphatic hydroxyl groups excluding tert-OH is 1. The van der Waals surface area contributed by atoms with E-state index in [-0.39, 0.29) is 4.47 Å². The van der Waals surface area contributed by atoms with Crippen LogP contribution in [0.3, 0.4) is 0 Å². The fourth-order valence-electron chi connectivity index (χ4n) is 2.61. The van der Waals surface area contributed by atoms with E-state index in [1.54, 1.807) is 6.07 Å². The first-order chi connectivity index (χ1) is 9.89. The molecule has 0 aliphatic heterocycles. The van der Waals surface area contributed by atoms with Crippen LogP contribution in [-0.2, 0) is 6.18 Å². The molecule has 1 aromatic carbocycles. The molecule has 0 saturated heterocycles. The van der Waals surface area contributed by atoms with Gasteiger partial charge in [-0.15, -0.1) is 0 Å². The maximum absolute atomic E-state index is 12.9. The number of hydrogen-bond acceptors (Lipinski definition) is 1. The number of halogens is 4. The molecule has 1 N–H and O–H groups in total. The van der Waals surface area contributed by atoms with Gasteiger partial charge in [0, 0.05) is 4.47 Å². The third-order valence-electron chi connectivity index (χ3n) is 3.79. The van der Waals surface area contributed by atoms with Gasteiger partial charge in [0.1, 0.15) is 6.10 Å². The Morgan fingerprint density at radius 2 is 1.81 bits per heavy atom. The topological polar surface area (TPSA) is 20.2 Å². The molecule has 0 heterocycles. The highest BCUT2D eigenvalue weighted by Crippen LogP contribution is 2.38. The highest BCUT2D eigenvalue weighted by Gasteiger charge is 2.33. The van der Waals surface area contributed by atoms with E-state index in [0.717, 1.165) is 43.7 Å². The van der Waals surface area contributed by atoms with Crippen LogP contribution in [0.2, 0.25) is 0 Å². The van der Waals surface area contributed by atoms with Gasteiger partial charge < -0.3 is 5.11 Å². The van der Waals surface area contributed by atoms with Gasteiger partial charge >= 0.3 is 6.18 Å². The summed E-state index contributed by atoms with van der Waals surface area (Å²) in [6.45, 7) is 0. The lowest BCUT2D eigenvalue weighted by Gasteiger charge is -2.19.